The van der Waals surface area contributed by atoms with Crippen LogP contribution in [0.3, 0.4) is 0 Å². The van der Waals surface area contributed by atoms with Crippen LogP contribution in [0, 0.1) is 35.0 Å². The summed E-state index contributed by atoms with van der Waals surface area (Å²) >= 11 is 0. The molecule has 6 rings (SSSR count). The van der Waals surface area contributed by atoms with E-state index < -0.39 is 0 Å². The van der Waals surface area contributed by atoms with Crippen molar-refractivity contribution < 1.29 is 4.74 Å². The third-order valence-electron chi connectivity index (χ3n) is 10.8. The molecule has 162 valence electrons. The zero-order chi connectivity index (χ0) is 19.8. The second-order valence-electron chi connectivity index (χ2n) is 12.1. The van der Waals surface area contributed by atoms with Crippen LogP contribution in [0.2, 0.25) is 0 Å². The molecule has 6 aliphatic rings. The van der Waals surface area contributed by atoms with Crippen LogP contribution in [0.25, 0.3) is 0 Å². The number of hydrogen-bond donors (Lipinski definition) is 0. The third-order valence-corrected chi connectivity index (χ3v) is 10.8. The highest BCUT2D eigenvalue weighted by Gasteiger charge is 2.66. The quantitative estimate of drug-likeness (QED) is 0.524. The van der Waals surface area contributed by atoms with Crippen LogP contribution in [0.1, 0.15) is 90.9 Å². The van der Waals surface area contributed by atoms with E-state index in [1.807, 2.05) is 0 Å². The SMILES string of the molecule is CN1C2CCCCC2C(C)(C)C12C=NC1C3CCCCC3C3CCCCC3C1O2. The first-order valence-electron chi connectivity index (χ1n) is 13.0. The Morgan fingerprint density at radius 3 is 2.10 bits per heavy atom. The highest BCUT2D eigenvalue weighted by Crippen LogP contribution is 2.60. The number of ether oxygens (including phenoxy) is 1. The van der Waals surface area contributed by atoms with Crippen molar-refractivity contribution >= 4 is 6.21 Å². The van der Waals surface area contributed by atoms with Gasteiger partial charge >= 0.3 is 0 Å². The second kappa shape index (κ2) is 6.79. The lowest BCUT2D eigenvalue weighted by molar-refractivity contribution is -0.223. The van der Waals surface area contributed by atoms with Crippen LogP contribution in [0.4, 0.5) is 0 Å². The Morgan fingerprint density at radius 1 is 0.793 bits per heavy atom. The average Bonchev–Trinajstić information content (AvgIpc) is 2.93. The van der Waals surface area contributed by atoms with E-state index in [0.29, 0.717) is 18.2 Å². The molecule has 0 aromatic heterocycles. The molecule has 5 fully saturated rings. The van der Waals surface area contributed by atoms with Gasteiger partial charge < -0.3 is 4.74 Å². The third kappa shape index (κ3) is 2.52. The van der Waals surface area contributed by atoms with Crippen molar-refractivity contribution in [1.29, 1.82) is 0 Å². The molecule has 4 saturated carbocycles. The Morgan fingerprint density at radius 2 is 1.38 bits per heavy atom. The minimum Gasteiger partial charge on any atom is -0.349 e. The first kappa shape index (κ1) is 19.3. The van der Waals surface area contributed by atoms with Crippen molar-refractivity contribution in [2.24, 2.45) is 40.0 Å². The Balaban J connectivity index is 1.40. The van der Waals surface area contributed by atoms with Gasteiger partial charge in [-0.05, 0) is 75.2 Å². The Kier molecular flexibility index (Phi) is 4.52. The molecule has 3 nitrogen and oxygen atoms in total. The lowest BCUT2D eigenvalue weighted by Gasteiger charge is -2.59. The number of fused-ring (bicyclic) bond motifs is 7. The van der Waals surface area contributed by atoms with Gasteiger partial charge in [0.05, 0.1) is 12.1 Å². The minimum atomic E-state index is -0.280. The van der Waals surface area contributed by atoms with Crippen molar-refractivity contribution in [2.45, 2.75) is 115 Å². The lowest BCUT2D eigenvalue weighted by Crippen LogP contribution is -2.66. The Labute approximate surface area is 178 Å². The molecule has 0 aromatic rings. The van der Waals surface area contributed by atoms with Crippen LogP contribution in [0.5, 0.6) is 0 Å². The molecule has 0 N–H and O–H groups in total. The zero-order valence-electron chi connectivity index (χ0n) is 19.0. The molecular formula is C26H42N2O. The van der Waals surface area contributed by atoms with E-state index >= 15 is 0 Å². The minimum absolute atomic E-state index is 0.148. The predicted molar refractivity (Wildman–Crippen MR) is 118 cm³/mol. The van der Waals surface area contributed by atoms with Crippen molar-refractivity contribution in [2.75, 3.05) is 7.05 Å². The van der Waals surface area contributed by atoms with Gasteiger partial charge in [-0.15, -0.1) is 0 Å². The van der Waals surface area contributed by atoms with E-state index in [2.05, 4.69) is 32.0 Å². The molecule has 0 amide bonds. The van der Waals surface area contributed by atoms with Crippen LogP contribution in [-0.2, 0) is 4.74 Å². The summed E-state index contributed by atoms with van der Waals surface area (Å²) in [5, 5.41) is 0. The Hall–Kier alpha value is -0.410. The lowest BCUT2D eigenvalue weighted by atomic mass is 9.54. The molecule has 3 heteroatoms. The molecule has 1 saturated heterocycles. The van der Waals surface area contributed by atoms with Gasteiger partial charge in [0.15, 0.2) is 5.72 Å². The molecule has 9 unspecified atom stereocenters. The average molecular weight is 399 g/mol. The van der Waals surface area contributed by atoms with E-state index in [9.17, 15) is 0 Å². The predicted octanol–water partition coefficient (Wildman–Crippen LogP) is 5.68. The highest BCUT2D eigenvalue weighted by molar-refractivity contribution is 5.72. The summed E-state index contributed by atoms with van der Waals surface area (Å²) in [7, 11) is 2.36. The largest absolute Gasteiger partial charge is 0.349 e. The second-order valence-corrected chi connectivity index (χ2v) is 12.1. The number of likely N-dealkylation sites (tertiary alicyclic amines) is 1. The monoisotopic (exact) mass is 398 g/mol. The molecule has 4 aliphatic carbocycles. The van der Waals surface area contributed by atoms with E-state index in [1.54, 1.807) is 0 Å². The topological polar surface area (TPSA) is 24.8 Å². The molecule has 0 radical (unpaired) electrons. The number of rotatable bonds is 0. The maximum atomic E-state index is 7.45. The van der Waals surface area contributed by atoms with Gasteiger partial charge in [-0.25, -0.2) is 0 Å². The molecule has 1 spiro atoms. The number of nitrogens with zero attached hydrogens (tertiary/aromatic N) is 2. The molecule has 0 bridgehead atoms. The molecule has 2 heterocycles. The maximum absolute atomic E-state index is 7.45. The van der Waals surface area contributed by atoms with E-state index in [4.69, 9.17) is 9.73 Å². The van der Waals surface area contributed by atoms with Gasteiger partial charge in [0.2, 0.25) is 0 Å². The summed E-state index contributed by atoms with van der Waals surface area (Å²) in [6.07, 6.45) is 19.6. The molecule has 2 aliphatic heterocycles. The van der Waals surface area contributed by atoms with E-state index in [1.165, 1.54) is 77.0 Å². The molecular weight excluding hydrogens is 356 g/mol. The number of aliphatic imine (C=N–C) groups is 1. The zero-order valence-corrected chi connectivity index (χ0v) is 19.0. The van der Waals surface area contributed by atoms with Crippen molar-refractivity contribution in [1.82, 2.24) is 4.90 Å². The van der Waals surface area contributed by atoms with E-state index in [0.717, 1.165) is 29.6 Å². The van der Waals surface area contributed by atoms with Crippen molar-refractivity contribution in [3.05, 3.63) is 0 Å². The smallest absolute Gasteiger partial charge is 0.163 e. The van der Waals surface area contributed by atoms with Crippen LogP contribution in [-0.4, -0.2) is 42.1 Å². The fraction of sp³-hybridized carbons (Fsp3) is 0.962. The summed E-state index contributed by atoms with van der Waals surface area (Å²) in [6, 6.07) is 1.12. The summed E-state index contributed by atoms with van der Waals surface area (Å²) in [6.45, 7) is 4.99. The summed E-state index contributed by atoms with van der Waals surface area (Å²) in [5.41, 5.74) is -0.133. The molecule has 0 aromatic carbocycles. The van der Waals surface area contributed by atoms with Crippen LogP contribution < -0.4 is 0 Å². The first-order valence-corrected chi connectivity index (χ1v) is 13.0. The highest BCUT2D eigenvalue weighted by atomic mass is 16.5. The van der Waals surface area contributed by atoms with E-state index in [-0.39, 0.29) is 11.1 Å². The summed E-state index contributed by atoms with van der Waals surface area (Å²) < 4.78 is 7.45. The van der Waals surface area contributed by atoms with Gasteiger partial charge in [0.1, 0.15) is 0 Å². The fourth-order valence-electron chi connectivity index (χ4n) is 9.42. The molecule has 29 heavy (non-hydrogen) atoms. The van der Waals surface area contributed by atoms with Gasteiger partial charge in [0, 0.05) is 17.7 Å². The first-order chi connectivity index (χ1) is 14.0. The normalized spacial score (nSPS) is 53.8. The summed E-state index contributed by atoms with van der Waals surface area (Å²) in [5.74, 6) is 4.14. The van der Waals surface area contributed by atoms with Crippen LogP contribution in [0.15, 0.2) is 4.99 Å². The Bertz CT molecular complexity index is 674. The van der Waals surface area contributed by atoms with Gasteiger partial charge in [-0.3, -0.25) is 9.89 Å². The summed E-state index contributed by atoms with van der Waals surface area (Å²) in [4.78, 5) is 8.11. The standard InChI is InChI=1S/C26H42N2O/c1-25(2)21-14-8-9-15-22(21)28(3)26(25)16-27-23-19-12-6-4-10-17(19)18-11-5-7-13-20(18)24(23)29-26/h16-24H,4-15H2,1-3H3. The van der Waals surface area contributed by atoms with Gasteiger partial charge in [-0.1, -0.05) is 52.4 Å². The van der Waals surface area contributed by atoms with Gasteiger partial charge in [0.25, 0.3) is 0 Å². The van der Waals surface area contributed by atoms with Crippen molar-refractivity contribution in [3.63, 3.8) is 0 Å². The van der Waals surface area contributed by atoms with Crippen molar-refractivity contribution in [3.8, 4) is 0 Å². The van der Waals surface area contributed by atoms with Crippen LogP contribution >= 0.6 is 0 Å². The van der Waals surface area contributed by atoms with Gasteiger partial charge in [-0.2, -0.15) is 0 Å². The fourth-order valence-corrected chi connectivity index (χ4v) is 9.42. The molecule has 9 atom stereocenters. The number of hydrogen-bond acceptors (Lipinski definition) is 3. The maximum Gasteiger partial charge on any atom is 0.163 e.